The van der Waals surface area contributed by atoms with Crippen LogP contribution in [0.3, 0.4) is 0 Å². The average Bonchev–Trinajstić information content (AvgIpc) is 0.799. The Morgan fingerprint density at radius 3 is 0.717 bits per heavy atom. The predicted octanol–water partition coefficient (Wildman–Crippen LogP) is 34.4. The van der Waals surface area contributed by atoms with E-state index in [0.717, 1.165) is 56.3 Å². The van der Waals surface area contributed by atoms with E-state index in [-0.39, 0.29) is 31.7 Å². The van der Waals surface area contributed by atoms with E-state index >= 15 is 0 Å². The van der Waals surface area contributed by atoms with Crippen molar-refractivity contribution in [2.75, 3.05) is 5.32 Å². The van der Waals surface area contributed by atoms with Gasteiger partial charge in [0.1, 0.15) is 0 Å². The van der Waals surface area contributed by atoms with Crippen LogP contribution < -0.4 is 5.32 Å². The molecular formula is C100H130Cl6N4Zr3. The van der Waals surface area contributed by atoms with Crippen LogP contribution in [0.15, 0.2) is 265 Å². The quantitative estimate of drug-likeness (QED) is 0.0761. The molecule has 0 bridgehead atoms. The van der Waals surface area contributed by atoms with Gasteiger partial charge >= 0.3 is 114 Å². The van der Waals surface area contributed by atoms with Crippen LogP contribution in [-0.4, -0.2) is 22.5 Å². The molecule has 0 saturated carbocycles. The minimum absolute atomic E-state index is 0. The summed E-state index contributed by atoms with van der Waals surface area (Å²) in [6.45, 7) is 70.0. The number of anilines is 1. The van der Waals surface area contributed by atoms with Crippen molar-refractivity contribution < 1.29 is 62.5 Å². The standard InChI is InChI=1S/C29H44N2.C29H43N2.C7H8.5C7H7.6ClH.3Zr/c2*1-18(2)23-14-12-15-24(19(3)4)27(23)30-22(9)29(10,11)31-28-25(20(5)6)16-13-17-26(28)21(7)8;6*1-7-5-3-2-4-6-7;;;;;;;;;/h12-21,31H,1-11H3;12-21H,1-11H3;2-6H,1H3;5*2-6H,1H2;6*1H;;;/q;-1;;5*-1;;;;;;;3*+4/p-6. The number of rotatable bonds is 16. The Kier molecular flexibility index (Phi) is 55.3. The Morgan fingerprint density at radius 1 is 0.336 bits per heavy atom. The Morgan fingerprint density at radius 2 is 0.531 bits per heavy atom. The van der Waals surface area contributed by atoms with Gasteiger partial charge in [0.15, 0.2) is 0 Å². The first-order valence-electron chi connectivity index (χ1n) is 38.7. The number of hydrogen-bond acceptors (Lipinski definition) is 3. The van der Waals surface area contributed by atoms with Gasteiger partial charge in [0, 0.05) is 17.1 Å². The summed E-state index contributed by atoms with van der Waals surface area (Å²) in [6, 6.07) is 86.2. The second kappa shape index (κ2) is 57.9. The SMILES string of the molecule is CC(=Nc1c(C(C)C)cccc1C(C)C)C(C)(C)Nc1c(C(C)C)cccc1C(C)C.CC(=Nc1c(C(C)C)cccc1C(C)C)C(C)(C)[N-]c1c(C(C)C)cccc1C(C)C.Cc1ccccc1.[CH2-]c1ccccc1.[CH2-]c1ccccc1.[CH2-]c1ccccc1.[CH2-]c1ccccc1.[CH2-]c1ccccc1.[Cl][Zr+2][Cl].[Cl][Zr]([Cl])([Cl])[Cl].[Zr+4]. The van der Waals surface area contributed by atoms with Gasteiger partial charge in [-0.05, 0) is 115 Å². The Labute approximate surface area is 745 Å². The van der Waals surface area contributed by atoms with Gasteiger partial charge < -0.3 is 10.6 Å². The minimum Gasteiger partial charge on any atom is 4.00 e. The maximum absolute atomic E-state index is 5.35. The fourth-order valence-electron chi connectivity index (χ4n) is 10.9. The van der Waals surface area contributed by atoms with Crippen LogP contribution in [0, 0.1) is 41.5 Å². The fraction of sp³-hybridized carbons (Fsp3) is 0.330. The zero-order valence-electron chi connectivity index (χ0n) is 72.0. The summed E-state index contributed by atoms with van der Waals surface area (Å²) in [7, 11) is 30.0. The van der Waals surface area contributed by atoms with Crippen LogP contribution in [0.5, 0.6) is 0 Å². The summed E-state index contributed by atoms with van der Waals surface area (Å²) >= 11 is -4.12. The van der Waals surface area contributed by atoms with E-state index in [1.165, 1.54) is 55.8 Å². The summed E-state index contributed by atoms with van der Waals surface area (Å²) < 4.78 is 0. The van der Waals surface area contributed by atoms with Crippen molar-refractivity contribution in [3.63, 3.8) is 0 Å². The number of hydrogen-bond donors (Lipinski definition) is 1. The molecule has 0 aliphatic rings. The molecule has 10 aromatic rings. The molecule has 0 saturated heterocycles. The van der Waals surface area contributed by atoms with Crippen molar-refractivity contribution in [2.24, 2.45) is 9.98 Å². The van der Waals surface area contributed by atoms with Gasteiger partial charge in [0.2, 0.25) is 0 Å². The maximum atomic E-state index is 5.35. The number of benzene rings is 10. The fourth-order valence-corrected chi connectivity index (χ4v) is 10.9. The largest absolute Gasteiger partial charge is 4.00 e. The first-order chi connectivity index (χ1) is 52.5. The topological polar surface area (TPSA) is 50.9 Å². The van der Waals surface area contributed by atoms with E-state index in [1.807, 2.05) is 170 Å². The summed E-state index contributed by atoms with van der Waals surface area (Å²) in [5.41, 5.74) is 23.5. The summed E-state index contributed by atoms with van der Waals surface area (Å²) in [5, 5.41) is 9.25. The van der Waals surface area contributed by atoms with E-state index < -0.39 is 41.9 Å². The molecule has 113 heavy (non-hydrogen) atoms. The monoisotopic (exact) mass is 1870 g/mol. The molecule has 0 aliphatic heterocycles. The van der Waals surface area contributed by atoms with Crippen LogP contribution in [0.25, 0.3) is 5.32 Å². The molecule has 604 valence electrons. The van der Waals surface area contributed by atoms with E-state index in [0.29, 0.717) is 47.3 Å². The Hall–Kier alpha value is -5.12. The van der Waals surface area contributed by atoms with Crippen molar-refractivity contribution in [1.29, 1.82) is 0 Å². The minimum atomic E-state index is -3.29. The summed E-state index contributed by atoms with van der Waals surface area (Å²) in [6.07, 6.45) is 0. The molecule has 10 aromatic carbocycles. The number of para-hydroxylation sites is 4. The molecule has 0 aliphatic carbocycles. The average molecular weight is 1870 g/mol. The predicted molar refractivity (Wildman–Crippen MR) is 500 cm³/mol. The molecule has 0 atom stereocenters. The van der Waals surface area contributed by atoms with Crippen LogP contribution >= 0.6 is 51.1 Å². The van der Waals surface area contributed by atoms with Crippen molar-refractivity contribution in [3.8, 4) is 0 Å². The number of nitrogens with zero attached hydrogens (tertiary/aromatic N) is 3. The molecule has 0 aromatic heterocycles. The first kappa shape index (κ1) is 108. The van der Waals surface area contributed by atoms with E-state index in [9.17, 15) is 0 Å². The first-order valence-corrected chi connectivity index (χ1v) is 57.7. The second-order valence-corrected chi connectivity index (χ2v) is 56.9. The molecule has 0 fully saturated rings. The molecular weight excluding hydrogens is 1740 g/mol. The van der Waals surface area contributed by atoms with Crippen molar-refractivity contribution >= 4 is 85.3 Å². The normalized spacial score (nSPS) is 11.0. The van der Waals surface area contributed by atoms with Crippen molar-refractivity contribution in [1.82, 2.24) is 0 Å². The van der Waals surface area contributed by atoms with E-state index in [2.05, 4.69) is 284 Å². The van der Waals surface area contributed by atoms with Crippen LogP contribution in [0.4, 0.5) is 22.7 Å². The smallest absolute Gasteiger partial charge is 4.00 e. The number of nitrogens with one attached hydrogen (secondary N) is 1. The molecule has 0 radical (unpaired) electrons. The molecule has 0 spiro atoms. The van der Waals surface area contributed by atoms with Crippen molar-refractivity contribution in [3.05, 3.63) is 373 Å². The van der Waals surface area contributed by atoms with Crippen LogP contribution in [0.1, 0.15) is 278 Å². The van der Waals surface area contributed by atoms with Crippen LogP contribution in [0.2, 0.25) is 0 Å². The van der Waals surface area contributed by atoms with Gasteiger partial charge in [-0.3, -0.25) is 9.98 Å². The number of halogens is 6. The van der Waals surface area contributed by atoms with Gasteiger partial charge in [-0.1, -0.05) is 280 Å². The molecule has 0 amide bonds. The van der Waals surface area contributed by atoms with Crippen LogP contribution in [-0.2, 0) is 62.5 Å². The third kappa shape index (κ3) is 45.4. The third-order valence-corrected chi connectivity index (χ3v) is 17.7. The van der Waals surface area contributed by atoms with Gasteiger partial charge in [-0.25, -0.2) is 0 Å². The maximum Gasteiger partial charge on any atom is 4.00 e. The van der Waals surface area contributed by atoms with Gasteiger partial charge in [0.05, 0.1) is 16.9 Å². The molecule has 0 unspecified atom stereocenters. The zero-order chi connectivity index (χ0) is 84.9. The summed E-state index contributed by atoms with van der Waals surface area (Å²) in [4.78, 5) is 10.5. The Bertz CT molecular complexity index is 3640. The zero-order valence-corrected chi connectivity index (χ0v) is 83.9. The second-order valence-electron chi connectivity index (χ2n) is 30.8. The third-order valence-electron chi connectivity index (χ3n) is 17.7. The molecule has 1 N–H and O–H groups in total. The molecule has 4 nitrogen and oxygen atoms in total. The molecule has 13 heteroatoms. The summed E-state index contributed by atoms with van der Waals surface area (Å²) in [5.74, 6) is 3.52. The molecule has 0 heterocycles. The van der Waals surface area contributed by atoms with Gasteiger partial charge in [0.25, 0.3) is 0 Å². The van der Waals surface area contributed by atoms with Crippen molar-refractivity contribution in [2.45, 2.75) is 218 Å². The number of aliphatic imine (C=N–C) groups is 2. The van der Waals surface area contributed by atoms with Gasteiger partial charge in [-0.15, -0.1) is 66.4 Å². The molecule has 10 rings (SSSR count). The van der Waals surface area contributed by atoms with E-state index in [4.69, 9.17) is 66.4 Å². The number of aryl methyl sites for hydroxylation is 1. The Balaban J connectivity index is 0.00000138. The van der Waals surface area contributed by atoms with E-state index in [1.54, 1.807) is 0 Å². The van der Waals surface area contributed by atoms with Gasteiger partial charge in [-0.2, -0.15) is 123 Å².